The molecular weight excluding hydrogens is 380 g/mol. The van der Waals surface area contributed by atoms with Gasteiger partial charge >= 0.3 is 0 Å². The van der Waals surface area contributed by atoms with Crippen LogP contribution in [0.15, 0.2) is 83.9 Å². The van der Waals surface area contributed by atoms with E-state index in [1.165, 1.54) is 16.8 Å². The maximum absolute atomic E-state index is 9.93. The van der Waals surface area contributed by atoms with Crippen molar-refractivity contribution in [3.05, 3.63) is 101 Å². The Morgan fingerprint density at radius 3 is 2.72 bits per heavy atom. The van der Waals surface area contributed by atoms with Gasteiger partial charge in [-0.2, -0.15) is 0 Å². The highest BCUT2D eigenvalue weighted by Crippen LogP contribution is 2.49. The summed E-state index contributed by atoms with van der Waals surface area (Å²) in [6.07, 6.45) is 7.39. The van der Waals surface area contributed by atoms with E-state index < -0.39 is 0 Å². The zero-order valence-electron chi connectivity index (χ0n) is 15.8. The van der Waals surface area contributed by atoms with E-state index in [0.717, 1.165) is 12.1 Å². The van der Waals surface area contributed by atoms with Crippen LogP contribution in [0.1, 0.15) is 35.1 Å². The molecule has 3 aromatic rings. The van der Waals surface area contributed by atoms with E-state index in [9.17, 15) is 5.11 Å². The van der Waals surface area contributed by atoms with Crippen molar-refractivity contribution in [3.63, 3.8) is 0 Å². The van der Waals surface area contributed by atoms with Crippen LogP contribution >= 0.6 is 11.6 Å². The predicted octanol–water partition coefficient (Wildman–Crippen LogP) is 6.62. The Morgan fingerprint density at radius 2 is 1.86 bits per heavy atom. The molecule has 0 unspecified atom stereocenters. The number of phenols is 1. The minimum absolute atomic E-state index is 0.166. The zero-order chi connectivity index (χ0) is 19.8. The fourth-order valence-electron chi connectivity index (χ4n) is 4.41. The van der Waals surface area contributed by atoms with E-state index in [4.69, 9.17) is 11.6 Å². The maximum Gasteiger partial charge on any atom is 0.124 e. The van der Waals surface area contributed by atoms with Gasteiger partial charge in [0.2, 0.25) is 0 Å². The lowest BCUT2D eigenvalue weighted by molar-refractivity contribution is 0.425. The third kappa shape index (κ3) is 3.43. The van der Waals surface area contributed by atoms with E-state index in [0.29, 0.717) is 22.4 Å². The molecule has 0 radical (unpaired) electrons. The highest BCUT2D eigenvalue weighted by molar-refractivity contribution is 6.30. The van der Waals surface area contributed by atoms with Crippen molar-refractivity contribution in [1.82, 2.24) is 0 Å². The molecule has 1 aliphatic carbocycles. The molecule has 3 atom stereocenters. The Bertz CT molecular complexity index is 1100. The number of hydrogen-bond donors (Lipinski definition) is 2. The second kappa shape index (κ2) is 7.41. The summed E-state index contributed by atoms with van der Waals surface area (Å²) in [6.45, 7) is 0. The highest BCUT2D eigenvalue weighted by atomic mass is 35.5. The number of hydrogen-bond acceptors (Lipinski definition) is 3. The molecule has 0 bridgehead atoms. The van der Waals surface area contributed by atoms with Gasteiger partial charge in [-0.25, -0.2) is 0 Å². The van der Waals surface area contributed by atoms with E-state index in [-0.39, 0.29) is 11.8 Å². The summed E-state index contributed by atoms with van der Waals surface area (Å²) in [4.78, 5) is 4.49. The topological polar surface area (TPSA) is 44.6 Å². The van der Waals surface area contributed by atoms with Gasteiger partial charge in [0.05, 0.1) is 11.7 Å². The first-order chi connectivity index (χ1) is 14.2. The lowest BCUT2D eigenvalue weighted by Crippen LogP contribution is -2.28. The second-order valence-electron chi connectivity index (χ2n) is 7.62. The SMILES string of the molecule is Oc1ccc(Cl)cc1C=Nc1ccc([C@@H]2Nc3ccccc3[C@@H]3C=CC[C@@H]32)cc1. The van der Waals surface area contributed by atoms with Crippen LogP contribution in [0.5, 0.6) is 5.75 Å². The molecule has 1 aliphatic heterocycles. The van der Waals surface area contributed by atoms with Gasteiger partial charge in [0, 0.05) is 28.4 Å². The van der Waals surface area contributed by atoms with Gasteiger partial charge in [0.25, 0.3) is 0 Å². The summed E-state index contributed by atoms with van der Waals surface area (Å²) >= 11 is 6.00. The molecule has 144 valence electrons. The molecule has 3 aromatic carbocycles. The summed E-state index contributed by atoms with van der Waals surface area (Å²) in [5, 5.41) is 14.3. The number of aromatic hydroxyl groups is 1. The maximum atomic E-state index is 9.93. The molecule has 1 heterocycles. The Kier molecular flexibility index (Phi) is 4.61. The van der Waals surface area contributed by atoms with Crippen LogP contribution in [0, 0.1) is 5.92 Å². The Morgan fingerprint density at radius 1 is 1.03 bits per heavy atom. The van der Waals surface area contributed by atoms with Gasteiger partial charge in [0.15, 0.2) is 0 Å². The number of para-hydroxylation sites is 1. The number of aliphatic imine (C=N–C) groups is 1. The summed E-state index contributed by atoms with van der Waals surface area (Å²) < 4.78 is 0. The number of nitrogens with zero attached hydrogens (tertiary/aromatic N) is 1. The quantitative estimate of drug-likeness (QED) is 0.383. The molecule has 0 spiro atoms. The Labute approximate surface area is 175 Å². The standard InChI is InChI=1S/C25H21ClN2O/c26-18-10-13-24(29)17(14-18)15-27-19-11-8-16(9-12-19)25-22-6-3-5-20(22)21-4-1-2-7-23(21)28-25/h1-5,7-15,20,22,25,28-29H,6H2/t20-,22-,25-/m0/s1. The van der Waals surface area contributed by atoms with Crippen molar-refractivity contribution in [2.45, 2.75) is 18.4 Å². The monoisotopic (exact) mass is 400 g/mol. The van der Waals surface area contributed by atoms with E-state index in [1.807, 2.05) is 12.1 Å². The first kappa shape index (κ1) is 18.0. The average Bonchev–Trinajstić information content (AvgIpc) is 3.24. The van der Waals surface area contributed by atoms with E-state index >= 15 is 0 Å². The lowest BCUT2D eigenvalue weighted by Gasteiger charge is -2.37. The van der Waals surface area contributed by atoms with Gasteiger partial charge in [-0.15, -0.1) is 0 Å². The first-order valence-corrected chi connectivity index (χ1v) is 10.2. The fraction of sp³-hybridized carbons (Fsp3) is 0.160. The lowest BCUT2D eigenvalue weighted by atomic mass is 9.77. The fourth-order valence-corrected chi connectivity index (χ4v) is 4.59. The molecule has 0 fully saturated rings. The third-order valence-electron chi connectivity index (χ3n) is 5.87. The van der Waals surface area contributed by atoms with Crippen LogP contribution in [0.2, 0.25) is 5.02 Å². The van der Waals surface area contributed by atoms with Gasteiger partial charge in [-0.3, -0.25) is 4.99 Å². The summed E-state index contributed by atoms with van der Waals surface area (Å²) in [5.41, 5.74) is 5.33. The van der Waals surface area contributed by atoms with Gasteiger partial charge in [-0.05, 0) is 59.9 Å². The number of halogens is 1. The predicted molar refractivity (Wildman–Crippen MR) is 120 cm³/mol. The number of allylic oxidation sites excluding steroid dienone is 2. The number of phenolic OH excluding ortho intramolecular Hbond substituents is 1. The van der Waals surface area contributed by atoms with Crippen molar-refractivity contribution in [2.75, 3.05) is 5.32 Å². The van der Waals surface area contributed by atoms with Crippen molar-refractivity contribution in [1.29, 1.82) is 0 Å². The van der Waals surface area contributed by atoms with Crippen LogP contribution in [0.4, 0.5) is 11.4 Å². The van der Waals surface area contributed by atoms with E-state index in [2.05, 4.69) is 58.9 Å². The molecule has 0 saturated carbocycles. The number of nitrogens with one attached hydrogen (secondary N) is 1. The van der Waals surface area contributed by atoms with Crippen LogP contribution in [-0.4, -0.2) is 11.3 Å². The molecule has 0 amide bonds. The van der Waals surface area contributed by atoms with E-state index in [1.54, 1.807) is 24.4 Å². The van der Waals surface area contributed by atoms with Crippen LogP contribution < -0.4 is 5.32 Å². The number of anilines is 1. The normalized spacial score (nSPS) is 22.3. The van der Waals surface area contributed by atoms with Gasteiger partial charge in [0.1, 0.15) is 5.75 Å². The molecule has 3 nitrogen and oxygen atoms in total. The summed E-state index contributed by atoms with van der Waals surface area (Å²) in [5.74, 6) is 1.17. The van der Waals surface area contributed by atoms with Crippen LogP contribution in [0.25, 0.3) is 0 Å². The number of fused-ring (bicyclic) bond motifs is 3. The van der Waals surface area contributed by atoms with Gasteiger partial charge < -0.3 is 10.4 Å². The van der Waals surface area contributed by atoms with Crippen molar-refractivity contribution in [3.8, 4) is 5.75 Å². The summed E-state index contributed by atoms with van der Waals surface area (Å²) in [6, 6.07) is 22.1. The van der Waals surface area contributed by atoms with Crippen molar-refractivity contribution < 1.29 is 5.11 Å². The molecule has 5 rings (SSSR count). The number of rotatable bonds is 3. The molecule has 2 N–H and O–H groups in total. The second-order valence-corrected chi connectivity index (χ2v) is 8.05. The largest absolute Gasteiger partial charge is 0.507 e. The van der Waals surface area contributed by atoms with Crippen molar-refractivity contribution in [2.24, 2.45) is 10.9 Å². The minimum atomic E-state index is 0.166. The Balaban J connectivity index is 1.39. The molecule has 4 heteroatoms. The Hall–Kier alpha value is -3.04. The highest BCUT2D eigenvalue weighted by Gasteiger charge is 2.37. The van der Waals surface area contributed by atoms with Crippen LogP contribution in [-0.2, 0) is 0 Å². The molecule has 2 aliphatic rings. The molecule has 29 heavy (non-hydrogen) atoms. The smallest absolute Gasteiger partial charge is 0.124 e. The summed E-state index contributed by atoms with van der Waals surface area (Å²) in [7, 11) is 0. The van der Waals surface area contributed by atoms with Crippen molar-refractivity contribution >= 4 is 29.2 Å². The first-order valence-electron chi connectivity index (χ1n) is 9.84. The van der Waals surface area contributed by atoms with Gasteiger partial charge in [-0.1, -0.05) is 54.1 Å². The van der Waals surface area contributed by atoms with Crippen LogP contribution in [0.3, 0.4) is 0 Å². The zero-order valence-corrected chi connectivity index (χ0v) is 16.6. The average molecular weight is 401 g/mol. The molecule has 0 aromatic heterocycles. The number of benzene rings is 3. The molecular formula is C25H21ClN2O. The third-order valence-corrected chi connectivity index (χ3v) is 6.10. The minimum Gasteiger partial charge on any atom is -0.507 e. The molecule has 0 saturated heterocycles.